The van der Waals surface area contributed by atoms with E-state index in [0.29, 0.717) is 12.4 Å². The van der Waals surface area contributed by atoms with Gasteiger partial charge in [0, 0.05) is 18.3 Å². The Kier molecular flexibility index (Phi) is 9.16. The van der Waals surface area contributed by atoms with Crippen molar-refractivity contribution in [1.82, 2.24) is 5.32 Å². The highest BCUT2D eigenvalue weighted by atomic mass is 35.5. The minimum absolute atomic E-state index is 0.199. The second-order valence-electron chi connectivity index (χ2n) is 3.58. The standard InChI is InChI=1S/C11H22ClNO/c1-3-5-7-10(4-2)11(14)13-9-6-8-12/h10H,3-9H2,1-2H3,(H,13,14). The zero-order valence-corrected chi connectivity index (χ0v) is 10.1. The highest BCUT2D eigenvalue weighted by molar-refractivity contribution is 6.17. The van der Waals surface area contributed by atoms with E-state index in [2.05, 4.69) is 19.2 Å². The number of carbonyl (C=O) groups excluding carboxylic acids is 1. The third-order valence-corrected chi connectivity index (χ3v) is 2.65. The quantitative estimate of drug-likeness (QED) is 0.494. The molecule has 1 atom stereocenters. The summed E-state index contributed by atoms with van der Waals surface area (Å²) in [5.41, 5.74) is 0. The fourth-order valence-electron chi connectivity index (χ4n) is 1.39. The Morgan fingerprint density at radius 1 is 1.36 bits per heavy atom. The summed E-state index contributed by atoms with van der Waals surface area (Å²) in [7, 11) is 0. The molecule has 1 unspecified atom stereocenters. The summed E-state index contributed by atoms with van der Waals surface area (Å²) < 4.78 is 0. The van der Waals surface area contributed by atoms with Gasteiger partial charge < -0.3 is 5.32 Å². The first-order valence-electron chi connectivity index (χ1n) is 5.59. The molecule has 0 saturated carbocycles. The normalized spacial score (nSPS) is 12.5. The van der Waals surface area contributed by atoms with Crippen LogP contribution >= 0.6 is 11.6 Å². The Hall–Kier alpha value is -0.240. The fraction of sp³-hybridized carbons (Fsp3) is 0.909. The second kappa shape index (κ2) is 9.32. The van der Waals surface area contributed by atoms with E-state index in [0.717, 1.165) is 32.1 Å². The molecule has 0 aliphatic heterocycles. The fourth-order valence-corrected chi connectivity index (χ4v) is 1.53. The predicted octanol–water partition coefficient (Wildman–Crippen LogP) is 2.95. The molecule has 1 amide bonds. The average Bonchev–Trinajstić information content (AvgIpc) is 2.19. The Morgan fingerprint density at radius 2 is 2.07 bits per heavy atom. The number of unbranched alkanes of at least 4 members (excludes halogenated alkanes) is 1. The van der Waals surface area contributed by atoms with Crippen molar-refractivity contribution in [3.63, 3.8) is 0 Å². The second-order valence-corrected chi connectivity index (χ2v) is 3.96. The number of amides is 1. The van der Waals surface area contributed by atoms with Gasteiger partial charge >= 0.3 is 0 Å². The molecular formula is C11H22ClNO. The van der Waals surface area contributed by atoms with Gasteiger partial charge in [-0.2, -0.15) is 0 Å². The third-order valence-electron chi connectivity index (χ3n) is 2.38. The summed E-state index contributed by atoms with van der Waals surface area (Å²) in [6.45, 7) is 4.94. The molecule has 14 heavy (non-hydrogen) atoms. The Labute approximate surface area is 92.4 Å². The van der Waals surface area contributed by atoms with Crippen LogP contribution in [-0.4, -0.2) is 18.3 Å². The van der Waals surface area contributed by atoms with Gasteiger partial charge in [0.1, 0.15) is 0 Å². The molecule has 0 spiro atoms. The van der Waals surface area contributed by atoms with Crippen LogP contribution in [0.25, 0.3) is 0 Å². The maximum atomic E-state index is 11.6. The van der Waals surface area contributed by atoms with Crippen LogP contribution in [0.3, 0.4) is 0 Å². The van der Waals surface area contributed by atoms with E-state index in [1.54, 1.807) is 0 Å². The van der Waals surface area contributed by atoms with Crippen LogP contribution < -0.4 is 5.32 Å². The van der Waals surface area contributed by atoms with Crippen molar-refractivity contribution in [3.05, 3.63) is 0 Å². The third kappa shape index (κ3) is 6.25. The lowest BCUT2D eigenvalue weighted by Gasteiger charge is -2.13. The highest BCUT2D eigenvalue weighted by Gasteiger charge is 2.14. The summed E-state index contributed by atoms with van der Waals surface area (Å²) >= 11 is 5.53. The van der Waals surface area contributed by atoms with Crippen LogP contribution in [0.4, 0.5) is 0 Å². The number of hydrogen-bond acceptors (Lipinski definition) is 1. The lowest BCUT2D eigenvalue weighted by Crippen LogP contribution is -2.31. The molecule has 84 valence electrons. The summed E-state index contributed by atoms with van der Waals surface area (Å²) in [6, 6.07) is 0. The molecule has 0 radical (unpaired) electrons. The van der Waals surface area contributed by atoms with Crippen molar-refractivity contribution in [3.8, 4) is 0 Å². The Bertz CT molecular complexity index is 150. The first-order valence-corrected chi connectivity index (χ1v) is 6.13. The number of nitrogens with one attached hydrogen (secondary N) is 1. The number of rotatable bonds is 8. The molecule has 0 aromatic carbocycles. The van der Waals surface area contributed by atoms with E-state index in [9.17, 15) is 4.79 Å². The lowest BCUT2D eigenvalue weighted by atomic mass is 9.98. The molecule has 0 rings (SSSR count). The zero-order valence-electron chi connectivity index (χ0n) is 9.31. The Balaban J connectivity index is 3.67. The van der Waals surface area contributed by atoms with Crippen molar-refractivity contribution >= 4 is 17.5 Å². The van der Waals surface area contributed by atoms with Gasteiger partial charge in [-0.15, -0.1) is 11.6 Å². The molecule has 0 saturated heterocycles. The number of halogens is 1. The van der Waals surface area contributed by atoms with E-state index < -0.39 is 0 Å². The molecule has 1 N–H and O–H groups in total. The SMILES string of the molecule is CCCCC(CC)C(=O)NCCCCl. The molecule has 0 bridgehead atoms. The first-order chi connectivity index (χ1) is 6.76. The molecule has 0 fully saturated rings. The average molecular weight is 220 g/mol. The van der Waals surface area contributed by atoms with Gasteiger partial charge in [0.15, 0.2) is 0 Å². The monoisotopic (exact) mass is 219 g/mol. The van der Waals surface area contributed by atoms with Crippen LogP contribution in [0.1, 0.15) is 46.0 Å². The van der Waals surface area contributed by atoms with Crippen LogP contribution in [0, 0.1) is 5.92 Å². The Morgan fingerprint density at radius 3 is 2.57 bits per heavy atom. The van der Waals surface area contributed by atoms with Gasteiger partial charge in [-0.05, 0) is 19.3 Å². The van der Waals surface area contributed by atoms with Gasteiger partial charge in [0.05, 0.1) is 0 Å². The number of hydrogen-bond donors (Lipinski definition) is 1. The number of carbonyl (C=O) groups is 1. The molecular weight excluding hydrogens is 198 g/mol. The van der Waals surface area contributed by atoms with E-state index in [4.69, 9.17) is 11.6 Å². The van der Waals surface area contributed by atoms with Crippen molar-refractivity contribution in [2.45, 2.75) is 46.0 Å². The van der Waals surface area contributed by atoms with Crippen molar-refractivity contribution < 1.29 is 4.79 Å². The molecule has 3 heteroatoms. The van der Waals surface area contributed by atoms with Crippen LogP contribution in [-0.2, 0) is 4.79 Å². The van der Waals surface area contributed by atoms with Gasteiger partial charge in [0.25, 0.3) is 0 Å². The maximum absolute atomic E-state index is 11.6. The smallest absolute Gasteiger partial charge is 0.223 e. The van der Waals surface area contributed by atoms with Gasteiger partial charge in [-0.3, -0.25) is 4.79 Å². The summed E-state index contributed by atoms with van der Waals surface area (Å²) in [6.07, 6.45) is 5.11. The molecule has 0 aliphatic rings. The predicted molar refractivity (Wildman–Crippen MR) is 61.7 cm³/mol. The highest BCUT2D eigenvalue weighted by Crippen LogP contribution is 2.12. The van der Waals surface area contributed by atoms with E-state index in [1.807, 2.05) is 0 Å². The van der Waals surface area contributed by atoms with Crippen LogP contribution in [0.15, 0.2) is 0 Å². The van der Waals surface area contributed by atoms with Crippen molar-refractivity contribution in [2.75, 3.05) is 12.4 Å². The molecule has 0 aromatic heterocycles. The molecule has 0 aromatic rings. The summed E-state index contributed by atoms with van der Waals surface area (Å²) in [5.74, 6) is 1.02. The summed E-state index contributed by atoms with van der Waals surface area (Å²) in [4.78, 5) is 11.6. The van der Waals surface area contributed by atoms with Crippen LogP contribution in [0.2, 0.25) is 0 Å². The minimum Gasteiger partial charge on any atom is -0.356 e. The lowest BCUT2D eigenvalue weighted by molar-refractivity contribution is -0.125. The van der Waals surface area contributed by atoms with Crippen molar-refractivity contribution in [1.29, 1.82) is 0 Å². The largest absolute Gasteiger partial charge is 0.356 e. The topological polar surface area (TPSA) is 29.1 Å². The maximum Gasteiger partial charge on any atom is 0.223 e. The van der Waals surface area contributed by atoms with Crippen LogP contribution in [0.5, 0.6) is 0 Å². The van der Waals surface area contributed by atoms with Crippen molar-refractivity contribution in [2.24, 2.45) is 5.92 Å². The van der Waals surface area contributed by atoms with Gasteiger partial charge in [-0.1, -0.05) is 26.7 Å². The van der Waals surface area contributed by atoms with Gasteiger partial charge in [-0.25, -0.2) is 0 Å². The zero-order chi connectivity index (χ0) is 10.8. The first kappa shape index (κ1) is 13.8. The summed E-state index contributed by atoms with van der Waals surface area (Å²) in [5, 5.41) is 2.92. The van der Waals surface area contributed by atoms with E-state index >= 15 is 0 Å². The molecule has 2 nitrogen and oxygen atoms in total. The van der Waals surface area contributed by atoms with E-state index in [-0.39, 0.29) is 11.8 Å². The number of alkyl halides is 1. The van der Waals surface area contributed by atoms with E-state index in [1.165, 1.54) is 0 Å². The molecule has 0 heterocycles. The molecule has 0 aliphatic carbocycles. The minimum atomic E-state index is 0.199. The van der Waals surface area contributed by atoms with Gasteiger partial charge in [0.2, 0.25) is 5.91 Å².